The summed E-state index contributed by atoms with van der Waals surface area (Å²) in [5.41, 5.74) is 4.81. The molecule has 0 atom stereocenters. The zero-order chi connectivity index (χ0) is 13.0. The van der Waals surface area contributed by atoms with E-state index in [2.05, 4.69) is 16.4 Å². The van der Waals surface area contributed by atoms with Gasteiger partial charge in [-0.15, -0.1) is 0 Å². The van der Waals surface area contributed by atoms with Crippen LogP contribution in [-0.4, -0.2) is 4.98 Å². The lowest BCUT2D eigenvalue weighted by Gasteiger charge is -2.10. The van der Waals surface area contributed by atoms with Crippen LogP contribution in [0.4, 0.5) is 5.69 Å². The number of aromatic nitrogens is 1. The molecule has 2 rings (SSSR count). The van der Waals surface area contributed by atoms with E-state index in [-0.39, 0.29) is 0 Å². The molecule has 0 unspecified atom stereocenters. The molecule has 0 spiro atoms. The van der Waals surface area contributed by atoms with E-state index in [0.29, 0.717) is 12.1 Å². The van der Waals surface area contributed by atoms with Crippen molar-refractivity contribution in [3.05, 3.63) is 58.9 Å². The van der Waals surface area contributed by atoms with Gasteiger partial charge in [0.15, 0.2) is 0 Å². The van der Waals surface area contributed by atoms with Gasteiger partial charge in [0.25, 0.3) is 0 Å². The Morgan fingerprint density at radius 1 is 1.28 bits per heavy atom. The van der Waals surface area contributed by atoms with Gasteiger partial charge in [0.05, 0.1) is 23.5 Å². The van der Waals surface area contributed by atoms with Gasteiger partial charge in [-0.3, -0.25) is 4.98 Å². The molecule has 0 saturated carbocycles. The molecule has 0 aliphatic heterocycles. The van der Waals surface area contributed by atoms with Crippen LogP contribution in [0, 0.1) is 25.2 Å². The Bertz CT molecular complexity index is 597. The van der Waals surface area contributed by atoms with Crippen molar-refractivity contribution in [3.8, 4) is 6.07 Å². The average Bonchev–Trinajstić information content (AvgIpc) is 2.38. The molecule has 0 radical (unpaired) electrons. The van der Waals surface area contributed by atoms with Crippen LogP contribution in [0.2, 0.25) is 0 Å². The number of pyridine rings is 1. The molecule has 0 aliphatic rings. The minimum atomic E-state index is 0.630. The summed E-state index contributed by atoms with van der Waals surface area (Å²) in [6.07, 6.45) is 1.78. The van der Waals surface area contributed by atoms with Crippen LogP contribution in [0.3, 0.4) is 0 Å². The molecule has 0 saturated heterocycles. The first-order valence-electron chi connectivity index (χ1n) is 5.86. The molecule has 90 valence electrons. The predicted molar refractivity (Wildman–Crippen MR) is 72.2 cm³/mol. The summed E-state index contributed by atoms with van der Waals surface area (Å²) in [5, 5.41) is 12.3. The van der Waals surface area contributed by atoms with E-state index in [1.165, 1.54) is 0 Å². The van der Waals surface area contributed by atoms with Crippen molar-refractivity contribution in [3.63, 3.8) is 0 Å². The Morgan fingerprint density at radius 2 is 2.11 bits per heavy atom. The third-order valence-electron chi connectivity index (χ3n) is 2.86. The van der Waals surface area contributed by atoms with Gasteiger partial charge >= 0.3 is 0 Å². The lowest BCUT2D eigenvalue weighted by atomic mass is 10.1. The first kappa shape index (κ1) is 12.1. The van der Waals surface area contributed by atoms with Crippen molar-refractivity contribution in [1.82, 2.24) is 4.98 Å². The Kier molecular flexibility index (Phi) is 3.59. The molecular formula is C15H15N3. The number of hydrogen-bond acceptors (Lipinski definition) is 3. The molecule has 18 heavy (non-hydrogen) atoms. The van der Waals surface area contributed by atoms with Crippen LogP contribution in [0.1, 0.15) is 22.4 Å². The van der Waals surface area contributed by atoms with Gasteiger partial charge < -0.3 is 5.32 Å². The Hall–Kier alpha value is -2.34. The fourth-order valence-corrected chi connectivity index (χ4v) is 1.78. The third-order valence-corrected chi connectivity index (χ3v) is 2.86. The van der Waals surface area contributed by atoms with Gasteiger partial charge in [0.1, 0.15) is 6.07 Å². The number of rotatable bonds is 3. The molecule has 0 amide bonds. The fourth-order valence-electron chi connectivity index (χ4n) is 1.78. The lowest BCUT2D eigenvalue weighted by Crippen LogP contribution is -2.05. The van der Waals surface area contributed by atoms with E-state index < -0.39 is 0 Å². The highest BCUT2D eigenvalue weighted by atomic mass is 14.9. The van der Waals surface area contributed by atoms with Crippen LogP contribution in [0.15, 0.2) is 36.5 Å². The van der Waals surface area contributed by atoms with E-state index >= 15 is 0 Å². The van der Waals surface area contributed by atoms with Crippen molar-refractivity contribution in [2.45, 2.75) is 20.4 Å². The molecule has 1 aromatic carbocycles. The summed E-state index contributed by atoms with van der Waals surface area (Å²) >= 11 is 0. The molecule has 2 aromatic rings. The van der Waals surface area contributed by atoms with Crippen LogP contribution in [0.5, 0.6) is 0 Å². The highest BCUT2D eigenvalue weighted by Gasteiger charge is 2.03. The van der Waals surface area contributed by atoms with E-state index in [0.717, 1.165) is 22.5 Å². The first-order valence-corrected chi connectivity index (χ1v) is 5.86. The predicted octanol–water partition coefficient (Wildman–Crippen LogP) is 3.18. The average molecular weight is 237 g/mol. The van der Waals surface area contributed by atoms with Gasteiger partial charge in [-0.25, -0.2) is 0 Å². The highest BCUT2D eigenvalue weighted by Crippen LogP contribution is 2.17. The van der Waals surface area contributed by atoms with Gasteiger partial charge in [0.2, 0.25) is 0 Å². The first-order chi connectivity index (χ1) is 8.70. The Labute approximate surface area is 107 Å². The standard InChI is InChI=1S/C15H15N3/c1-11-5-6-13(9-16)14(8-11)18-10-15-12(2)4-3-7-17-15/h3-8,18H,10H2,1-2H3. The van der Waals surface area contributed by atoms with Crippen molar-refractivity contribution in [1.29, 1.82) is 5.26 Å². The van der Waals surface area contributed by atoms with Gasteiger partial charge in [-0.05, 0) is 43.2 Å². The monoisotopic (exact) mass is 237 g/mol. The number of nitrogens with zero attached hydrogens (tertiary/aromatic N) is 2. The summed E-state index contributed by atoms with van der Waals surface area (Å²) < 4.78 is 0. The molecular weight excluding hydrogens is 222 g/mol. The molecule has 3 heteroatoms. The maximum absolute atomic E-state index is 9.06. The summed E-state index contributed by atoms with van der Waals surface area (Å²) in [5.74, 6) is 0. The maximum atomic E-state index is 9.06. The Morgan fingerprint density at radius 3 is 2.83 bits per heavy atom. The van der Waals surface area contributed by atoms with Gasteiger partial charge in [0, 0.05) is 6.20 Å². The topological polar surface area (TPSA) is 48.7 Å². The lowest BCUT2D eigenvalue weighted by molar-refractivity contribution is 1.02. The molecule has 1 heterocycles. The molecule has 0 fully saturated rings. The maximum Gasteiger partial charge on any atom is 0.101 e. The number of nitrogens with one attached hydrogen (secondary N) is 1. The van der Waals surface area contributed by atoms with Crippen molar-refractivity contribution in [2.75, 3.05) is 5.32 Å². The molecule has 1 N–H and O–H groups in total. The van der Waals surface area contributed by atoms with Crippen molar-refractivity contribution < 1.29 is 0 Å². The van der Waals surface area contributed by atoms with Crippen LogP contribution in [-0.2, 0) is 6.54 Å². The fraction of sp³-hybridized carbons (Fsp3) is 0.200. The quantitative estimate of drug-likeness (QED) is 0.891. The number of nitriles is 1. The summed E-state index contributed by atoms with van der Waals surface area (Å²) in [7, 11) is 0. The van der Waals surface area contributed by atoms with E-state index in [9.17, 15) is 0 Å². The highest BCUT2D eigenvalue weighted by molar-refractivity contribution is 5.58. The van der Waals surface area contributed by atoms with Crippen LogP contribution < -0.4 is 5.32 Å². The van der Waals surface area contributed by atoms with Gasteiger partial charge in [-0.2, -0.15) is 5.26 Å². The van der Waals surface area contributed by atoms with Crippen molar-refractivity contribution in [2.24, 2.45) is 0 Å². The molecule has 3 nitrogen and oxygen atoms in total. The molecule has 1 aromatic heterocycles. The van der Waals surface area contributed by atoms with Crippen LogP contribution >= 0.6 is 0 Å². The third kappa shape index (κ3) is 2.67. The smallest absolute Gasteiger partial charge is 0.101 e. The van der Waals surface area contributed by atoms with E-state index in [1.807, 2.05) is 44.2 Å². The second-order valence-electron chi connectivity index (χ2n) is 4.28. The number of aryl methyl sites for hydroxylation is 2. The Balaban J connectivity index is 2.18. The normalized spacial score (nSPS) is 9.83. The minimum Gasteiger partial charge on any atom is -0.378 e. The van der Waals surface area contributed by atoms with E-state index in [4.69, 9.17) is 5.26 Å². The summed E-state index contributed by atoms with van der Waals surface area (Å²) in [6.45, 7) is 4.68. The van der Waals surface area contributed by atoms with E-state index in [1.54, 1.807) is 6.20 Å². The number of hydrogen-bond donors (Lipinski definition) is 1. The second-order valence-corrected chi connectivity index (χ2v) is 4.28. The largest absolute Gasteiger partial charge is 0.378 e. The minimum absolute atomic E-state index is 0.630. The zero-order valence-corrected chi connectivity index (χ0v) is 10.6. The summed E-state index contributed by atoms with van der Waals surface area (Å²) in [6, 6.07) is 11.9. The SMILES string of the molecule is Cc1ccc(C#N)c(NCc2ncccc2C)c1. The van der Waals surface area contributed by atoms with Gasteiger partial charge in [-0.1, -0.05) is 12.1 Å². The zero-order valence-electron chi connectivity index (χ0n) is 10.6. The number of benzene rings is 1. The second kappa shape index (κ2) is 5.33. The number of anilines is 1. The molecule has 0 aliphatic carbocycles. The summed E-state index contributed by atoms with van der Waals surface area (Å²) in [4.78, 5) is 4.33. The van der Waals surface area contributed by atoms with Crippen molar-refractivity contribution >= 4 is 5.69 Å². The molecule has 0 bridgehead atoms. The van der Waals surface area contributed by atoms with Crippen LogP contribution in [0.25, 0.3) is 0 Å².